The minimum Gasteiger partial charge on any atom is -0.466 e. The van der Waals surface area contributed by atoms with Crippen LogP contribution >= 0.6 is 0 Å². The molecule has 1 N–H and O–H groups in total. The summed E-state index contributed by atoms with van der Waals surface area (Å²) < 4.78 is 9.72. The largest absolute Gasteiger partial charge is 0.466 e. The van der Waals surface area contributed by atoms with Crippen molar-refractivity contribution in [1.29, 1.82) is 0 Å². The van der Waals surface area contributed by atoms with E-state index in [1.807, 2.05) is 24.3 Å². The van der Waals surface area contributed by atoms with Crippen molar-refractivity contribution in [1.82, 2.24) is 5.32 Å². The lowest BCUT2D eigenvalue weighted by molar-refractivity contribution is -0.134. The van der Waals surface area contributed by atoms with E-state index in [0.717, 1.165) is 11.1 Å². The predicted octanol–water partition coefficient (Wildman–Crippen LogP) is 2.90. The van der Waals surface area contributed by atoms with Gasteiger partial charge in [-0.05, 0) is 38.0 Å². The predicted molar refractivity (Wildman–Crippen MR) is 80.6 cm³/mol. The molecule has 0 saturated carbocycles. The highest BCUT2D eigenvalue weighted by Crippen LogP contribution is 2.12. The Morgan fingerprint density at radius 1 is 1.24 bits per heavy atom. The van der Waals surface area contributed by atoms with E-state index in [-0.39, 0.29) is 0 Å². The van der Waals surface area contributed by atoms with Gasteiger partial charge in [0.1, 0.15) is 5.60 Å². The first kappa shape index (κ1) is 16.8. The molecule has 0 heterocycles. The number of methoxy groups -OCH3 is 1. The maximum Gasteiger partial charge on any atom is 0.407 e. The molecule has 114 valence electrons. The molecule has 5 nitrogen and oxygen atoms in total. The molecule has 0 bridgehead atoms. The average molecular weight is 291 g/mol. The lowest BCUT2D eigenvalue weighted by Crippen LogP contribution is -2.32. The van der Waals surface area contributed by atoms with Crippen LogP contribution in [0.5, 0.6) is 0 Å². The molecule has 0 spiro atoms. The molecule has 1 rings (SSSR count). The Labute approximate surface area is 124 Å². The number of ether oxygens (including phenoxy) is 2. The van der Waals surface area contributed by atoms with E-state index in [9.17, 15) is 9.59 Å². The fourth-order valence-corrected chi connectivity index (χ4v) is 1.57. The van der Waals surface area contributed by atoms with Gasteiger partial charge in [-0.3, -0.25) is 0 Å². The number of benzene rings is 1. The maximum atomic E-state index is 11.6. The summed E-state index contributed by atoms with van der Waals surface area (Å²) >= 11 is 0. The second-order valence-electron chi connectivity index (χ2n) is 5.41. The highest BCUT2D eigenvalue weighted by atomic mass is 16.6. The molecule has 1 aromatic rings. The smallest absolute Gasteiger partial charge is 0.407 e. The number of esters is 1. The number of hydrogen-bond donors (Lipinski definition) is 1. The van der Waals surface area contributed by atoms with Crippen LogP contribution in [0.1, 0.15) is 31.9 Å². The minimum absolute atomic E-state index is 0.316. The highest BCUT2D eigenvalue weighted by Gasteiger charge is 2.15. The van der Waals surface area contributed by atoms with Gasteiger partial charge in [0.05, 0.1) is 7.11 Å². The van der Waals surface area contributed by atoms with Crippen molar-refractivity contribution in [3.63, 3.8) is 0 Å². The van der Waals surface area contributed by atoms with Crippen molar-refractivity contribution in [3.8, 4) is 0 Å². The molecule has 0 atom stereocenters. The van der Waals surface area contributed by atoms with E-state index in [4.69, 9.17) is 4.74 Å². The summed E-state index contributed by atoms with van der Waals surface area (Å²) in [5.41, 5.74) is 1.18. The van der Waals surface area contributed by atoms with E-state index in [1.165, 1.54) is 13.2 Å². The first-order valence-corrected chi connectivity index (χ1v) is 6.62. The van der Waals surface area contributed by atoms with Gasteiger partial charge in [0.2, 0.25) is 0 Å². The minimum atomic E-state index is -0.533. The quantitative estimate of drug-likeness (QED) is 0.684. The second-order valence-corrected chi connectivity index (χ2v) is 5.41. The van der Waals surface area contributed by atoms with Gasteiger partial charge < -0.3 is 14.8 Å². The SMILES string of the molecule is COC(=O)C=Cc1ccccc1CNC(=O)OC(C)(C)C. The molecule has 1 amide bonds. The van der Waals surface area contributed by atoms with Crippen LogP contribution in [0.15, 0.2) is 30.3 Å². The fraction of sp³-hybridized carbons (Fsp3) is 0.375. The molecule has 0 aromatic heterocycles. The van der Waals surface area contributed by atoms with Crippen LogP contribution in [-0.2, 0) is 20.8 Å². The molecule has 5 heteroatoms. The fourth-order valence-electron chi connectivity index (χ4n) is 1.57. The molecule has 0 aliphatic rings. The molecule has 0 aliphatic carbocycles. The Bertz CT molecular complexity index is 529. The summed E-state index contributed by atoms with van der Waals surface area (Å²) in [6, 6.07) is 7.44. The van der Waals surface area contributed by atoms with Gasteiger partial charge in [-0.2, -0.15) is 0 Å². The Hall–Kier alpha value is -2.30. The number of amides is 1. The van der Waals surface area contributed by atoms with Crippen LogP contribution in [0, 0.1) is 0 Å². The highest BCUT2D eigenvalue weighted by molar-refractivity contribution is 5.87. The third kappa shape index (κ3) is 6.61. The van der Waals surface area contributed by atoms with Gasteiger partial charge in [-0.15, -0.1) is 0 Å². The van der Waals surface area contributed by atoms with Crippen LogP contribution < -0.4 is 5.32 Å². The van der Waals surface area contributed by atoms with Crippen molar-refractivity contribution in [2.75, 3.05) is 7.11 Å². The zero-order valence-corrected chi connectivity index (χ0v) is 12.8. The van der Waals surface area contributed by atoms with Crippen molar-refractivity contribution >= 4 is 18.1 Å². The molecule has 0 saturated heterocycles. The standard InChI is InChI=1S/C16H21NO4/c1-16(2,3)21-15(19)17-11-13-8-6-5-7-12(13)9-10-14(18)20-4/h5-10H,11H2,1-4H3,(H,17,19). The van der Waals surface area contributed by atoms with Gasteiger partial charge in [0.15, 0.2) is 0 Å². The van der Waals surface area contributed by atoms with Crippen LogP contribution in [-0.4, -0.2) is 24.8 Å². The summed E-state index contributed by atoms with van der Waals surface area (Å²) in [4.78, 5) is 22.8. The van der Waals surface area contributed by atoms with Gasteiger partial charge in [-0.1, -0.05) is 24.3 Å². The summed E-state index contributed by atoms with van der Waals surface area (Å²) in [6.07, 6.45) is 2.51. The molecule has 0 fully saturated rings. The van der Waals surface area contributed by atoms with E-state index >= 15 is 0 Å². The summed E-state index contributed by atoms with van der Waals surface area (Å²) in [6.45, 7) is 5.73. The first-order chi connectivity index (χ1) is 9.81. The number of hydrogen-bond acceptors (Lipinski definition) is 4. The molecule has 0 radical (unpaired) electrons. The van der Waals surface area contributed by atoms with E-state index in [2.05, 4.69) is 10.1 Å². The van der Waals surface area contributed by atoms with Gasteiger partial charge in [0.25, 0.3) is 0 Å². The Kier molecular flexibility index (Phi) is 5.96. The number of carbonyl (C=O) groups excluding carboxylic acids is 2. The zero-order valence-electron chi connectivity index (χ0n) is 12.8. The van der Waals surface area contributed by atoms with Crippen molar-refractivity contribution in [2.24, 2.45) is 0 Å². The molecule has 0 aliphatic heterocycles. The lowest BCUT2D eigenvalue weighted by atomic mass is 10.1. The zero-order chi connectivity index (χ0) is 15.9. The molecule has 1 aromatic carbocycles. The number of alkyl carbamates (subject to hydrolysis) is 1. The third-order valence-corrected chi connectivity index (χ3v) is 2.48. The molecule has 21 heavy (non-hydrogen) atoms. The van der Waals surface area contributed by atoms with Gasteiger partial charge in [0, 0.05) is 12.6 Å². The van der Waals surface area contributed by atoms with Gasteiger partial charge >= 0.3 is 12.1 Å². The molecule has 0 unspecified atom stereocenters. The molecular weight excluding hydrogens is 270 g/mol. The Balaban J connectivity index is 2.69. The summed E-state index contributed by atoms with van der Waals surface area (Å²) in [7, 11) is 1.32. The van der Waals surface area contributed by atoms with Crippen LogP contribution in [0.3, 0.4) is 0 Å². The normalized spacial score (nSPS) is 11.2. The number of carbonyl (C=O) groups is 2. The van der Waals surface area contributed by atoms with Crippen LogP contribution in [0.4, 0.5) is 4.79 Å². The number of rotatable bonds is 4. The topological polar surface area (TPSA) is 64.6 Å². The second kappa shape index (κ2) is 7.47. The maximum absolute atomic E-state index is 11.6. The summed E-state index contributed by atoms with van der Waals surface area (Å²) in [5, 5.41) is 2.69. The average Bonchev–Trinajstić information content (AvgIpc) is 2.41. The van der Waals surface area contributed by atoms with E-state index in [0.29, 0.717) is 6.54 Å². The van der Waals surface area contributed by atoms with Crippen LogP contribution in [0.2, 0.25) is 0 Å². The third-order valence-electron chi connectivity index (χ3n) is 2.48. The first-order valence-electron chi connectivity index (χ1n) is 6.62. The summed E-state index contributed by atoms with van der Waals surface area (Å²) in [5.74, 6) is -0.426. The Morgan fingerprint density at radius 3 is 2.52 bits per heavy atom. The molecular formula is C16H21NO4. The van der Waals surface area contributed by atoms with Gasteiger partial charge in [-0.25, -0.2) is 9.59 Å². The van der Waals surface area contributed by atoms with E-state index in [1.54, 1.807) is 26.8 Å². The number of nitrogens with one attached hydrogen (secondary N) is 1. The van der Waals surface area contributed by atoms with E-state index < -0.39 is 17.7 Å². The lowest BCUT2D eigenvalue weighted by Gasteiger charge is -2.19. The van der Waals surface area contributed by atoms with Crippen LogP contribution in [0.25, 0.3) is 6.08 Å². The van der Waals surface area contributed by atoms with Crippen molar-refractivity contribution in [3.05, 3.63) is 41.5 Å². The van der Waals surface area contributed by atoms with Crippen molar-refractivity contribution < 1.29 is 19.1 Å². The Morgan fingerprint density at radius 2 is 1.90 bits per heavy atom. The van der Waals surface area contributed by atoms with Crippen molar-refractivity contribution in [2.45, 2.75) is 32.9 Å². The monoisotopic (exact) mass is 291 g/mol.